The van der Waals surface area contributed by atoms with Crippen molar-refractivity contribution in [3.8, 4) is 0 Å². The first-order chi connectivity index (χ1) is 8.56. The summed E-state index contributed by atoms with van der Waals surface area (Å²) in [6.45, 7) is 1.92. The molecule has 18 heavy (non-hydrogen) atoms. The Kier molecular flexibility index (Phi) is 3.93. The van der Waals surface area contributed by atoms with Crippen LogP contribution in [0.1, 0.15) is 15.9 Å². The van der Waals surface area contributed by atoms with E-state index in [2.05, 4.69) is 31.2 Å². The van der Waals surface area contributed by atoms with E-state index in [-0.39, 0.29) is 11.1 Å². The van der Waals surface area contributed by atoms with Crippen molar-refractivity contribution in [3.63, 3.8) is 0 Å². The van der Waals surface area contributed by atoms with Crippen LogP contribution in [0.4, 0.5) is 5.82 Å². The maximum absolute atomic E-state index is 11.9. The molecule has 0 aliphatic carbocycles. The first kappa shape index (κ1) is 13.0. The molecular formula is C12H9BrClN3O. The van der Waals surface area contributed by atoms with Crippen molar-refractivity contribution in [2.75, 3.05) is 5.32 Å². The van der Waals surface area contributed by atoms with Gasteiger partial charge in [0.15, 0.2) is 0 Å². The molecule has 0 aromatic carbocycles. The highest BCUT2D eigenvalue weighted by atomic mass is 79.9. The maximum atomic E-state index is 11.9. The molecule has 0 spiro atoms. The van der Waals surface area contributed by atoms with Crippen molar-refractivity contribution in [2.24, 2.45) is 0 Å². The highest BCUT2D eigenvalue weighted by molar-refractivity contribution is 9.10. The third-order valence-corrected chi connectivity index (χ3v) is 3.31. The lowest BCUT2D eigenvalue weighted by Crippen LogP contribution is -2.13. The molecule has 2 rings (SSSR count). The van der Waals surface area contributed by atoms with Crippen LogP contribution in [0.15, 0.2) is 35.1 Å². The highest BCUT2D eigenvalue weighted by Gasteiger charge is 2.08. The molecule has 6 heteroatoms. The molecule has 0 aliphatic rings. The van der Waals surface area contributed by atoms with Crippen LogP contribution in [0.5, 0.6) is 0 Å². The Morgan fingerprint density at radius 2 is 2.17 bits per heavy atom. The number of rotatable bonds is 2. The van der Waals surface area contributed by atoms with Crippen molar-refractivity contribution in [1.29, 1.82) is 0 Å². The zero-order valence-electron chi connectivity index (χ0n) is 9.45. The molecule has 0 saturated carbocycles. The van der Waals surface area contributed by atoms with E-state index in [1.807, 2.05) is 6.92 Å². The van der Waals surface area contributed by atoms with Gasteiger partial charge in [0.05, 0.1) is 0 Å². The molecular weight excluding hydrogens is 318 g/mol. The number of pyridine rings is 2. The number of anilines is 1. The minimum Gasteiger partial charge on any atom is -0.307 e. The maximum Gasteiger partial charge on any atom is 0.256 e. The van der Waals surface area contributed by atoms with Crippen molar-refractivity contribution in [2.45, 2.75) is 6.92 Å². The van der Waals surface area contributed by atoms with Crippen LogP contribution < -0.4 is 5.32 Å². The number of nitrogens with zero attached hydrogens (tertiary/aromatic N) is 2. The number of aryl methyl sites for hydroxylation is 1. The Morgan fingerprint density at radius 3 is 2.83 bits per heavy atom. The largest absolute Gasteiger partial charge is 0.307 e. The average Bonchev–Trinajstić information content (AvgIpc) is 2.34. The van der Waals surface area contributed by atoms with Gasteiger partial charge in [-0.1, -0.05) is 11.6 Å². The van der Waals surface area contributed by atoms with E-state index in [0.29, 0.717) is 11.4 Å². The van der Waals surface area contributed by atoms with Gasteiger partial charge in [0, 0.05) is 22.4 Å². The molecule has 0 radical (unpaired) electrons. The molecule has 2 aromatic rings. The van der Waals surface area contributed by atoms with Gasteiger partial charge in [-0.15, -0.1) is 0 Å². The quantitative estimate of drug-likeness (QED) is 0.860. The second-order valence-corrected chi connectivity index (χ2v) is 4.88. The summed E-state index contributed by atoms with van der Waals surface area (Å²) in [5, 5.41) is 2.98. The fraction of sp³-hybridized carbons (Fsp3) is 0.0833. The summed E-state index contributed by atoms with van der Waals surface area (Å²) in [5.74, 6) is 0.224. The van der Waals surface area contributed by atoms with Gasteiger partial charge in [-0.25, -0.2) is 9.97 Å². The summed E-state index contributed by atoms with van der Waals surface area (Å²) in [5.41, 5.74) is 1.44. The predicted molar refractivity (Wildman–Crippen MR) is 73.9 cm³/mol. The van der Waals surface area contributed by atoms with Crippen molar-refractivity contribution in [3.05, 3.63) is 51.3 Å². The fourth-order valence-electron chi connectivity index (χ4n) is 1.34. The van der Waals surface area contributed by atoms with Gasteiger partial charge in [-0.2, -0.15) is 0 Å². The van der Waals surface area contributed by atoms with Gasteiger partial charge < -0.3 is 5.32 Å². The molecule has 1 amide bonds. The Hall–Kier alpha value is -1.46. The average molecular weight is 327 g/mol. The summed E-state index contributed by atoms with van der Waals surface area (Å²) in [7, 11) is 0. The predicted octanol–water partition coefficient (Wildman–Crippen LogP) is 3.45. The van der Waals surface area contributed by atoms with Crippen LogP contribution >= 0.6 is 27.5 Å². The lowest BCUT2D eigenvalue weighted by molar-refractivity contribution is 0.102. The van der Waals surface area contributed by atoms with Crippen LogP contribution in [-0.4, -0.2) is 15.9 Å². The third-order valence-electron chi connectivity index (χ3n) is 2.28. The van der Waals surface area contributed by atoms with Gasteiger partial charge >= 0.3 is 0 Å². The van der Waals surface area contributed by atoms with E-state index >= 15 is 0 Å². The minimum absolute atomic E-state index is 0.270. The van der Waals surface area contributed by atoms with E-state index in [1.165, 1.54) is 12.3 Å². The molecule has 0 fully saturated rings. The number of halogens is 2. The second kappa shape index (κ2) is 5.46. The topological polar surface area (TPSA) is 54.9 Å². The monoisotopic (exact) mass is 325 g/mol. The molecule has 0 aliphatic heterocycles. The molecule has 4 nitrogen and oxygen atoms in total. The lowest BCUT2D eigenvalue weighted by Gasteiger charge is -2.06. The standard InChI is InChI=1S/C12H9BrClN3O/c1-7-4-11(16-6-9(7)13)17-12(18)8-2-3-15-10(14)5-8/h2-6H,1H3,(H,16,17,18). The highest BCUT2D eigenvalue weighted by Crippen LogP contribution is 2.18. The SMILES string of the molecule is Cc1cc(NC(=O)c2ccnc(Cl)c2)ncc1Br. The smallest absolute Gasteiger partial charge is 0.256 e. The Labute approximate surface area is 118 Å². The molecule has 0 atom stereocenters. The number of carbonyl (C=O) groups excluding carboxylic acids is 1. The van der Waals surface area contributed by atoms with Crippen LogP contribution in [0.2, 0.25) is 5.15 Å². The first-order valence-corrected chi connectivity index (χ1v) is 6.28. The molecule has 2 aromatic heterocycles. The van der Waals surface area contributed by atoms with Gasteiger partial charge in [0.2, 0.25) is 0 Å². The van der Waals surface area contributed by atoms with E-state index in [1.54, 1.807) is 18.3 Å². The molecule has 1 N–H and O–H groups in total. The van der Waals surface area contributed by atoms with Gasteiger partial charge in [0.25, 0.3) is 5.91 Å². The third kappa shape index (κ3) is 3.05. The summed E-state index contributed by atoms with van der Waals surface area (Å²) < 4.78 is 0.896. The molecule has 2 heterocycles. The van der Waals surface area contributed by atoms with E-state index < -0.39 is 0 Å². The molecule has 92 valence electrons. The van der Waals surface area contributed by atoms with E-state index in [4.69, 9.17) is 11.6 Å². The summed E-state index contributed by atoms with van der Waals surface area (Å²) in [4.78, 5) is 19.8. The number of aromatic nitrogens is 2. The van der Waals surface area contributed by atoms with Crippen molar-refractivity contribution >= 4 is 39.3 Å². The van der Waals surface area contributed by atoms with E-state index in [9.17, 15) is 4.79 Å². The number of hydrogen-bond acceptors (Lipinski definition) is 3. The summed E-state index contributed by atoms with van der Waals surface area (Å²) in [6.07, 6.45) is 3.13. The van der Waals surface area contributed by atoms with Crippen molar-refractivity contribution in [1.82, 2.24) is 9.97 Å². The Balaban J connectivity index is 2.18. The van der Waals surface area contributed by atoms with Crippen LogP contribution in [0.3, 0.4) is 0 Å². The molecule has 0 saturated heterocycles. The summed E-state index contributed by atoms with van der Waals surface area (Å²) >= 11 is 9.07. The van der Waals surface area contributed by atoms with Crippen molar-refractivity contribution < 1.29 is 4.79 Å². The zero-order valence-corrected chi connectivity index (χ0v) is 11.8. The molecule has 0 unspecified atom stereocenters. The summed E-state index contributed by atoms with van der Waals surface area (Å²) in [6, 6.07) is 4.88. The number of amides is 1. The van der Waals surface area contributed by atoms with Crippen LogP contribution in [0.25, 0.3) is 0 Å². The van der Waals surface area contributed by atoms with Crippen LogP contribution in [-0.2, 0) is 0 Å². The lowest BCUT2D eigenvalue weighted by atomic mass is 10.2. The first-order valence-electron chi connectivity index (χ1n) is 5.11. The Morgan fingerprint density at radius 1 is 1.39 bits per heavy atom. The van der Waals surface area contributed by atoms with Gasteiger partial charge in [-0.3, -0.25) is 4.79 Å². The molecule has 0 bridgehead atoms. The second-order valence-electron chi connectivity index (χ2n) is 3.64. The van der Waals surface area contributed by atoms with Gasteiger partial charge in [0.1, 0.15) is 11.0 Å². The van der Waals surface area contributed by atoms with Crippen LogP contribution in [0, 0.1) is 6.92 Å². The van der Waals surface area contributed by atoms with E-state index in [0.717, 1.165) is 10.0 Å². The van der Waals surface area contributed by atoms with Gasteiger partial charge in [-0.05, 0) is 46.6 Å². The number of carbonyl (C=O) groups is 1. The minimum atomic E-state index is -0.270. The fourth-order valence-corrected chi connectivity index (χ4v) is 1.73. The number of hydrogen-bond donors (Lipinski definition) is 1. The number of nitrogens with one attached hydrogen (secondary N) is 1. The zero-order chi connectivity index (χ0) is 13.1. The Bertz CT molecular complexity index is 604. The normalized spacial score (nSPS) is 10.2.